The molecular formula is C25H25N3O. The van der Waals surface area contributed by atoms with Gasteiger partial charge in [0.05, 0.1) is 11.2 Å². The van der Waals surface area contributed by atoms with Crippen molar-refractivity contribution in [3.63, 3.8) is 0 Å². The van der Waals surface area contributed by atoms with Gasteiger partial charge < -0.3 is 9.88 Å². The normalized spacial score (nSPS) is 13.6. The van der Waals surface area contributed by atoms with Gasteiger partial charge in [0.2, 0.25) is 0 Å². The van der Waals surface area contributed by atoms with Crippen LogP contribution in [-0.2, 0) is 32.9 Å². The lowest BCUT2D eigenvalue weighted by Gasteiger charge is -2.14. The topological polar surface area (TPSA) is 39.0 Å². The summed E-state index contributed by atoms with van der Waals surface area (Å²) < 4.78 is 4.03. The number of hydrogen-bond acceptors (Lipinski definition) is 2. The van der Waals surface area contributed by atoms with E-state index in [1.165, 1.54) is 27.7 Å². The van der Waals surface area contributed by atoms with Gasteiger partial charge in [-0.05, 0) is 47.7 Å². The molecule has 3 heterocycles. The lowest BCUT2D eigenvalue weighted by Crippen LogP contribution is -2.24. The monoisotopic (exact) mass is 383 g/mol. The molecule has 0 saturated heterocycles. The van der Waals surface area contributed by atoms with Crippen molar-refractivity contribution in [2.45, 2.75) is 25.8 Å². The van der Waals surface area contributed by atoms with Crippen LogP contribution in [0, 0.1) is 0 Å². The number of pyridine rings is 1. The highest BCUT2D eigenvalue weighted by molar-refractivity contribution is 5.87. The van der Waals surface area contributed by atoms with Crippen LogP contribution in [0.3, 0.4) is 0 Å². The summed E-state index contributed by atoms with van der Waals surface area (Å²) in [5, 5.41) is 4.75. The van der Waals surface area contributed by atoms with Crippen molar-refractivity contribution in [3.05, 3.63) is 99.6 Å². The van der Waals surface area contributed by atoms with Crippen molar-refractivity contribution in [3.8, 4) is 5.69 Å². The molecule has 0 radical (unpaired) electrons. The molecule has 1 N–H and O–H groups in total. The van der Waals surface area contributed by atoms with E-state index >= 15 is 0 Å². The molecule has 0 atom stereocenters. The molecule has 0 amide bonds. The van der Waals surface area contributed by atoms with Crippen molar-refractivity contribution in [1.29, 1.82) is 0 Å². The van der Waals surface area contributed by atoms with E-state index in [0.29, 0.717) is 0 Å². The average Bonchev–Trinajstić information content (AvgIpc) is 3.05. The molecule has 0 bridgehead atoms. The molecule has 146 valence electrons. The Bertz CT molecular complexity index is 1230. The van der Waals surface area contributed by atoms with E-state index in [-0.39, 0.29) is 5.56 Å². The average molecular weight is 383 g/mol. The molecular weight excluding hydrogens is 358 g/mol. The van der Waals surface area contributed by atoms with Gasteiger partial charge in [-0.25, -0.2) is 0 Å². The van der Waals surface area contributed by atoms with Gasteiger partial charge >= 0.3 is 0 Å². The van der Waals surface area contributed by atoms with E-state index in [0.717, 1.165) is 43.6 Å². The van der Waals surface area contributed by atoms with E-state index in [4.69, 9.17) is 0 Å². The molecule has 0 saturated carbocycles. The molecule has 0 fully saturated rings. The first kappa shape index (κ1) is 18.0. The van der Waals surface area contributed by atoms with Crippen LogP contribution in [0.2, 0.25) is 0 Å². The van der Waals surface area contributed by atoms with Crippen LogP contribution >= 0.6 is 0 Å². The fourth-order valence-corrected chi connectivity index (χ4v) is 4.46. The molecule has 1 aliphatic heterocycles. The Kier molecular flexibility index (Phi) is 4.57. The van der Waals surface area contributed by atoms with Crippen LogP contribution < -0.4 is 10.9 Å². The number of benzene rings is 2. The number of nitrogens with zero attached hydrogens (tertiary/aromatic N) is 2. The van der Waals surface area contributed by atoms with Gasteiger partial charge in [-0.15, -0.1) is 0 Å². The van der Waals surface area contributed by atoms with Crippen molar-refractivity contribution >= 4 is 10.9 Å². The van der Waals surface area contributed by atoms with Gasteiger partial charge in [0, 0.05) is 49.9 Å². The molecule has 1 aliphatic rings. The second-order valence-electron chi connectivity index (χ2n) is 7.84. The number of aromatic nitrogens is 2. The first-order valence-corrected chi connectivity index (χ1v) is 10.3. The minimum atomic E-state index is 0.0237. The number of rotatable bonds is 4. The van der Waals surface area contributed by atoms with Crippen LogP contribution in [0.1, 0.15) is 22.4 Å². The molecule has 4 nitrogen and oxygen atoms in total. The lowest BCUT2D eigenvalue weighted by molar-refractivity contribution is 0.622. The summed E-state index contributed by atoms with van der Waals surface area (Å²) in [7, 11) is 2.13. The second kappa shape index (κ2) is 7.37. The van der Waals surface area contributed by atoms with Crippen molar-refractivity contribution in [1.82, 2.24) is 14.5 Å². The van der Waals surface area contributed by atoms with Crippen molar-refractivity contribution < 1.29 is 0 Å². The van der Waals surface area contributed by atoms with E-state index in [1.54, 1.807) is 10.6 Å². The zero-order chi connectivity index (χ0) is 19.8. The Balaban J connectivity index is 1.45. The van der Waals surface area contributed by atoms with Crippen LogP contribution in [-0.4, -0.2) is 15.7 Å². The largest absolute Gasteiger partial charge is 0.347 e. The second-order valence-corrected chi connectivity index (χ2v) is 7.84. The zero-order valence-corrected chi connectivity index (χ0v) is 16.7. The zero-order valence-electron chi connectivity index (χ0n) is 16.7. The number of nitrogens with one attached hydrogen (secondary N) is 1. The van der Waals surface area contributed by atoms with Crippen molar-refractivity contribution in [2.75, 3.05) is 6.54 Å². The van der Waals surface area contributed by atoms with E-state index in [1.807, 2.05) is 12.3 Å². The van der Waals surface area contributed by atoms with Gasteiger partial charge in [-0.1, -0.05) is 36.4 Å². The quantitative estimate of drug-likeness (QED) is 0.583. The summed E-state index contributed by atoms with van der Waals surface area (Å²) in [5.74, 6) is 0. The SMILES string of the molecule is Cn1c2c(c3ccc(-n4ccc(CCc5ccccc5)cc4=O)cc31)CNCC2. The smallest absolute Gasteiger partial charge is 0.255 e. The fraction of sp³-hybridized carbons (Fsp3) is 0.240. The molecule has 5 rings (SSSR count). The van der Waals surface area contributed by atoms with Gasteiger partial charge in [-0.2, -0.15) is 0 Å². The first-order chi connectivity index (χ1) is 14.2. The van der Waals surface area contributed by atoms with Crippen LogP contribution in [0.25, 0.3) is 16.6 Å². The van der Waals surface area contributed by atoms with E-state index in [2.05, 4.69) is 65.5 Å². The maximum Gasteiger partial charge on any atom is 0.255 e. The van der Waals surface area contributed by atoms with E-state index < -0.39 is 0 Å². The minimum Gasteiger partial charge on any atom is -0.347 e. The predicted octanol–water partition coefficient (Wildman–Crippen LogP) is 3.76. The highest BCUT2D eigenvalue weighted by Crippen LogP contribution is 2.29. The first-order valence-electron chi connectivity index (χ1n) is 10.3. The summed E-state index contributed by atoms with van der Waals surface area (Å²) in [6.45, 7) is 1.94. The Morgan fingerprint density at radius 2 is 1.79 bits per heavy atom. The number of hydrogen-bond donors (Lipinski definition) is 1. The molecule has 0 unspecified atom stereocenters. The van der Waals surface area contributed by atoms with Gasteiger partial charge in [-0.3, -0.25) is 9.36 Å². The third-order valence-corrected chi connectivity index (χ3v) is 6.07. The third kappa shape index (κ3) is 3.30. The Morgan fingerprint density at radius 1 is 0.966 bits per heavy atom. The van der Waals surface area contributed by atoms with Gasteiger partial charge in [0.25, 0.3) is 5.56 Å². The summed E-state index contributed by atoms with van der Waals surface area (Å²) in [6, 6.07) is 20.6. The predicted molar refractivity (Wildman–Crippen MR) is 118 cm³/mol. The molecule has 2 aromatic heterocycles. The van der Waals surface area contributed by atoms with E-state index in [9.17, 15) is 4.79 Å². The summed E-state index contributed by atoms with van der Waals surface area (Å²) in [6.07, 6.45) is 4.77. The molecule has 4 aromatic rings. The lowest BCUT2D eigenvalue weighted by atomic mass is 10.1. The fourth-order valence-electron chi connectivity index (χ4n) is 4.46. The Morgan fingerprint density at radius 3 is 2.62 bits per heavy atom. The minimum absolute atomic E-state index is 0.0237. The molecule has 0 aliphatic carbocycles. The molecule has 4 heteroatoms. The molecule has 2 aromatic carbocycles. The maximum atomic E-state index is 12.8. The van der Waals surface area contributed by atoms with Crippen LogP contribution in [0.5, 0.6) is 0 Å². The highest BCUT2D eigenvalue weighted by atomic mass is 16.1. The van der Waals surface area contributed by atoms with Crippen LogP contribution in [0.4, 0.5) is 0 Å². The number of fused-ring (bicyclic) bond motifs is 3. The third-order valence-electron chi connectivity index (χ3n) is 6.07. The van der Waals surface area contributed by atoms with Gasteiger partial charge in [0.1, 0.15) is 0 Å². The summed E-state index contributed by atoms with van der Waals surface area (Å²) >= 11 is 0. The van der Waals surface area contributed by atoms with Crippen molar-refractivity contribution in [2.24, 2.45) is 7.05 Å². The summed E-state index contributed by atoms with van der Waals surface area (Å²) in [4.78, 5) is 12.8. The highest BCUT2D eigenvalue weighted by Gasteiger charge is 2.18. The molecule has 29 heavy (non-hydrogen) atoms. The maximum absolute atomic E-state index is 12.8. The standard InChI is InChI=1S/C25H25N3O/c1-27-23-11-13-26-17-22(23)21-10-9-20(16-24(21)27)28-14-12-19(15-25(28)29)8-7-18-5-3-2-4-6-18/h2-6,9-10,12,14-16,26H,7-8,11,13,17H2,1H3. The Hall–Kier alpha value is -3.11. The van der Waals surface area contributed by atoms with Gasteiger partial charge in [0.15, 0.2) is 0 Å². The van der Waals surface area contributed by atoms with Crippen LogP contribution in [0.15, 0.2) is 71.7 Å². The summed E-state index contributed by atoms with van der Waals surface area (Å²) in [5.41, 5.74) is 7.30. The molecule has 0 spiro atoms. The number of aryl methyl sites for hydroxylation is 3. The Labute approximate surface area is 170 Å².